The van der Waals surface area contributed by atoms with Crippen molar-refractivity contribution in [2.24, 2.45) is 17.3 Å². The van der Waals surface area contributed by atoms with E-state index in [0.29, 0.717) is 0 Å². The highest BCUT2D eigenvalue weighted by Crippen LogP contribution is 2.52. The first-order valence-electron chi connectivity index (χ1n) is 7.29. The van der Waals surface area contributed by atoms with Crippen LogP contribution in [0.3, 0.4) is 0 Å². The van der Waals surface area contributed by atoms with Gasteiger partial charge in [0.1, 0.15) is 0 Å². The standard InChI is InChI=1S/C15H28O2/c1-15(14(16-2)17-3,12-8-4-5-9-12)13-10-6-7-11-13/h12-14H,4-11H2,1-3H3. The zero-order valence-corrected chi connectivity index (χ0v) is 11.7. The van der Waals surface area contributed by atoms with E-state index in [2.05, 4.69) is 6.92 Å². The third-order valence-electron chi connectivity index (χ3n) is 5.41. The molecule has 0 radical (unpaired) electrons. The van der Waals surface area contributed by atoms with Crippen LogP contribution in [-0.4, -0.2) is 20.5 Å². The Bertz CT molecular complexity index is 202. The van der Waals surface area contributed by atoms with Crippen molar-refractivity contribution in [3.63, 3.8) is 0 Å². The van der Waals surface area contributed by atoms with Crippen molar-refractivity contribution in [2.75, 3.05) is 14.2 Å². The second-order valence-electron chi connectivity index (χ2n) is 6.13. The van der Waals surface area contributed by atoms with Crippen LogP contribution in [0.25, 0.3) is 0 Å². The van der Waals surface area contributed by atoms with Gasteiger partial charge in [0.05, 0.1) is 0 Å². The highest BCUT2D eigenvalue weighted by Gasteiger charge is 2.49. The van der Waals surface area contributed by atoms with Crippen molar-refractivity contribution in [3.8, 4) is 0 Å². The second kappa shape index (κ2) is 5.71. The molecule has 2 fully saturated rings. The van der Waals surface area contributed by atoms with Crippen LogP contribution in [-0.2, 0) is 9.47 Å². The first kappa shape index (κ1) is 13.4. The van der Waals surface area contributed by atoms with Crippen molar-refractivity contribution in [3.05, 3.63) is 0 Å². The van der Waals surface area contributed by atoms with Gasteiger partial charge in [-0.25, -0.2) is 0 Å². The Labute approximate surface area is 106 Å². The fraction of sp³-hybridized carbons (Fsp3) is 1.00. The van der Waals surface area contributed by atoms with Crippen LogP contribution in [0.1, 0.15) is 58.3 Å². The molecular weight excluding hydrogens is 212 g/mol. The van der Waals surface area contributed by atoms with E-state index >= 15 is 0 Å². The van der Waals surface area contributed by atoms with E-state index in [1.54, 1.807) is 14.2 Å². The largest absolute Gasteiger partial charge is 0.355 e. The fourth-order valence-electron chi connectivity index (χ4n) is 4.42. The Kier molecular flexibility index (Phi) is 4.48. The Hall–Kier alpha value is -0.0800. The molecule has 0 saturated heterocycles. The Morgan fingerprint density at radius 2 is 1.18 bits per heavy atom. The molecule has 2 rings (SSSR count). The normalized spacial score (nSPS) is 24.0. The van der Waals surface area contributed by atoms with E-state index in [-0.39, 0.29) is 11.7 Å². The minimum Gasteiger partial charge on any atom is -0.355 e. The summed E-state index contributed by atoms with van der Waals surface area (Å²) >= 11 is 0. The van der Waals surface area contributed by atoms with E-state index in [9.17, 15) is 0 Å². The average Bonchev–Trinajstić information content (AvgIpc) is 3.04. The number of hydrogen-bond acceptors (Lipinski definition) is 2. The summed E-state index contributed by atoms with van der Waals surface area (Å²) in [7, 11) is 3.60. The SMILES string of the molecule is COC(OC)C(C)(C1CCCC1)C1CCCC1. The van der Waals surface area contributed by atoms with Crippen LogP contribution in [0.4, 0.5) is 0 Å². The minimum atomic E-state index is -0.0197. The topological polar surface area (TPSA) is 18.5 Å². The summed E-state index contributed by atoms with van der Waals surface area (Å²) in [6, 6.07) is 0. The summed E-state index contributed by atoms with van der Waals surface area (Å²) in [5.74, 6) is 1.60. The number of rotatable bonds is 5. The predicted molar refractivity (Wildman–Crippen MR) is 69.8 cm³/mol. The zero-order valence-electron chi connectivity index (χ0n) is 11.7. The lowest BCUT2D eigenvalue weighted by Crippen LogP contribution is -2.45. The first-order chi connectivity index (χ1) is 8.23. The molecule has 0 aromatic carbocycles. The maximum atomic E-state index is 5.67. The van der Waals surface area contributed by atoms with Crippen molar-refractivity contribution in [1.29, 1.82) is 0 Å². The lowest BCUT2D eigenvalue weighted by atomic mass is 9.65. The molecule has 0 aromatic rings. The third-order valence-corrected chi connectivity index (χ3v) is 5.41. The molecule has 0 bridgehead atoms. The van der Waals surface area contributed by atoms with Gasteiger partial charge in [-0.1, -0.05) is 32.6 Å². The quantitative estimate of drug-likeness (QED) is 0.676. The summed E-state index contributed by atoms with van der Waals surface area (Å²) in [5, 5.41) is 0. The van der Waals surface area contributed by atoms with E-state index in [0.717, 1.165) is 11.8 Å². The maximum Gasteiger partial charge on any atom is 0.162 e. The van der Waals surface area contributed by atoms with E-state index in [4.69, 9.17) is 9.47 Å². The van der Waals surface area contributed by atoms with Crippen LogP contribution in [0.2, 0.25) is 0 Å². The van der Waals surface area contributed by atoms with Gasteiger partial charge in [0, 0.05) is 19.6 Å². The van der Waals surface area contributed by atoms with Crippen LogP contribution in [0.5, 0.6) is 0 Å². The molecule has 0 atom stereocenters. The van der Waals surface area contributed by atoms with E-state index in [1.807, 2.05) is 0 Å². The van der Waals surface area contributed by atoms with Crippen LogP contribution < -0.4 is 0 Å². The highest BCUT2D eigenvalue weighted by molar-refractivity contribution is 4.95. The third kappa shape index (κ3) is 2.39. The van der Waals surface area contributed by atoms with Crippen molar-refractivity contribution in [2.45, 2.75) is 64.6 Å². The fourth-order valence-corrected chi connectivity index (χ4v) is 4.42. The van der Waals surface area contributed by atoms with Gasteiger partial charge in [-0.2, -0.15) is 0 Å². The predicted octanol–water partition coefficient (Wildman–Crippen LogP) is 3.99. The Morgan fingerprint density at radius 3 is 1.47 bits per heavy atom. The molecule has 0 spiro atoms. The molecule has 2 nitrogen and oxygen atoms in total. The van der Waals surface area contributed by atoms with Gasteiger partial charge in [-0.05, 0) is 37.5 Å². The summed E-state index contributed by atoms with van der Waals surface area (Å²) in [4.78, 5) is 0. The zero-order chi connectivity index (χ0) is 12.3. The molecule has 17 heavy (non-hydrogen) atoms. The van der Waals surface area contributed by atoms with Crippen molar-refractivity contribution in [1.82, 2.24) is 0 Å². The first-order valence-corrected chi connectivity index (χ1v) is 7.29. The molecular formula is C15H28O2. The van der Waals surface area contributed by atoms with Crippen LogP contribution in [0.15, 0.2) is 0 Å². The number of methoxy groups -OCH3 is 2. The van der Waals surface area contributed by atoms with Gasteiger partial charge in [-0.15, -0.1) is 0 Å². The second-order valence-corrected chi connectivity index (χ2v) is 6.13. The molecule has 0 aromatic heterocycles. The van der Waals surface area contributed by atoms with Crippen molar-refractivity contribution >= 4 is 0 Å². The smallest absolute Gasteiger partial charge is 0.162 e. The van der Waals surface area contributed by atoms with Crippen LogP contribution in [0, 0.1) is 17.3 Å². The van der Waals surface area contributed by atoms with Gasteiger partial charge < -0.3 is 9.47 Å². The molecule has 0 heterocycles. The lowest BCUT2D eigenvalue weighted by Gasteiger charge is -2.45. The van der Waals surface area contributed by atoms with Gasteiger partial charge in [-0.3, -0.25) is 0 Å². The van der Waals surface area contributed by atoms with Gasteiger partial charge in [0.2, 0.25) is 0 Å². The summed E-state index contributed by atoms with van der Waals surface area (Å²) < 4.78 is 11.3. The Morgan fingerprint density at radius 1 is 0.824 bits per heavy atom. The highest BCUT2D eigenvalue weighted by atomic mass is 16.7. The van der Waals surface area contributed by atoms with Crippen LogP contribution >= 0.6 is 0 Å². The van der Waals surface area contributed by atoms with E-state index < -0.39 is 0 Å². The summed E-state index contributed by atoms with van der Waals surface area (Å²) in [6.45, 7) is 2.43. The summed E-state index contributed by atoms with van der Waals surface area (Å²) in [5.41, 5.74) is 0.233. The molecule has 2 saturated carbocycles. The molecule has 2 aliphatic rings. The van der Waals surface area contributed by atoms with E-state index in [1.165, 1.54) is 51.4 Å². The number of hydrogen-bond donors (Lipinski definition) is 0. The molecule has 0 amide bonds. The molecule has 2 heteroatoms. The van der Waals surface area contributed by atoms with Gasteiger partial charge >= 0.3 is 0 Å². The maximum absolute atomic E-state index is 5.67. The van der Waals surface area contributed by atoms with Gasteiger partial charge in [0.15, 0.2) is 6.29 Å². The molecule has 0 unspecified atom stereocenters. The van der Waals surface area contributed by atoms with Gasteiger partial charge in [0.25, 0.3) is 0 Å². The monoisotopic (exact) mass is 240 g/mol. The lowest BCUT2D eigenvalue weighted by molar-refractivity contribution is -0.208. The number of ether oxygens (including phenoxy) is 2. The molecule has 2 aliphatic carbocycles. The Balaban J connectivity index is 2.19. The minimum absolute atomic E-state index is 0.0197. The molecule has 0 aliphatic heterocycles. The molecule has 0 N–H and O–H groups in total. The average molecular weight is 240 g/mol. The molecule has 100 valence electrons. The summed E-state index contributed by atoms with van der Waals surface area (Å²) in [6.07, 6.45) is 11.0. The van der Waals surface area contributed by atoms with Crippen molar-refractivity contribution < 1.29 is 9.47 Å².